The molecule has 0 aromatic heterocycles. The molecule has 3 unspecified atom stereocenters. The highest BCUT2D eigenvalue weighted by molar-refractivity contribution is 5.45. The van der Waals surface area contributed by atoms with Gasteiger partial charge in [0.25, 0.3) is 0 Å². The van der Waals surface area contributed by atoms with Crippen molar-refractivity contribution >= 4 is 0 Å². The number of fused-ring (bicyclic) bond motifs is 1. The fourth-order valence-electron chi connectivity index (χ4n) is 2.64. The lowest BCUT2D eigenvalue weighted by atomic mass is 9.94. The molecule has 1 saturated heterocycles. The first kappa shape index (κ1) is 13.7. The summed E-state index contributed by atoms with van der Waals surface area (Å²) in [5.41, 5.74) is 0.758. The fourth-order valence-corrected chi connectivity index (χ4v) is 2.64. The van der Waals surface area contributed by atoms with Gasteiger partial charge in [-0.3, -0.25) is 0 Å². The van der Waals surface area contributed by atoms with Gasteiger partial charge in [0.2, 0.25) is 6.79 Å². The molecule has 2 heterocycles. The quantitative estimate of drug-likeness (QED) is 0.877. The molecule has 0 radical (unpaired) electrons. The third-order valence-corrected chi connectivity index (χ3v) is 4.37. The van der Waals surface area contributed by atoms with Crippen LogP contribution in [-0.4, -0.2) is 36.7 Å². The number of aliphatic hydroxyl groups excluding tert-OH is 1. The smallest absolute Gasteiger partial charge is 0.231 e. The molecule has 5 heteroatoms. The maximum atomic E-state index is 10.3. The molecule has 3 atom stereocenters. The predicted molar refractivity (Wildman–Crippen MR) is 74.0 cm³/mol. The summed E-state index contributed by atoms with van der Waals surface area (Å²) >= 11 is 0. The Bertz CT molecular complexity index is 493. The molecule has 2 aliphatic heterocycles. The lowest BCUT2D eigenvalue weighted by Crippen LogP contribution is -2.49. The zero-order chi connectivity index (χ0) is 14.2. The molecule has 1 fully saturated rings. The molecular formula is C15H21NO4. The molecule has 110 valence electrons. The summed E-state index contributed by atoms with van der Waals surface area (Å²) in [4.78, 5) is 0. The molecule has 0 spiro atoms. The van der Waals surface area contributed by atoms with Gasteiger partial charge in [-0.2, -0.15) is 0 Å². The van der Waals surface area contributed by atoms with Crippen LogP contribution in [0.1, 0.15) is 31.9 Å². The van der Waals surface area contributed by atoms with Gasteiger partial charge in [-0.1, -0.05) is 6.07 Å². The van der Waals surface area contributed by atoms with E-state index in [1.165, 1.54) is 0 Å². The van der Waals surface area contributed by atoms with Crippen LogP contribution in [-0.2, 0) is 4.74 Å². The monoisotopic (exact) mass is 279 g/mol. The maximum absolute atomic E-state index is 10.3. The summed E-state index contributed by atoms with van der Waals surface area (Å²) < 4.78 is 16.2. The molecule has 1 aromatic carbocycles. The van der Waals surface area contributed by atoms with Gasteiger partial charge < -0.3 is 24.6 Å². The standard InChI is InChI=1S/C15H21NO4/c1-10-15(2,5-6-18-10)16-8-12(17)11-3-4-13-14(7-11)20-9-19-13/h3-4,7,10,12,16-17H,5-6,8-9H2,1-2H3. The predicted octanol–water partition coefficient (Wildman–Crippen LogP) is 1.61. The third-order valence-electron chi connectivity index (χ3n) is 4.37. The molecule has 0 aliphatic carbocycles. The molecular weight excluding hydrogens is 258 g/mol. The molecule has 0 bridgehead atoms. The average Bonchev–Trinajstić information content (AvgIpc) is 3.03. The molecule has 20 heavy (non-hydrogen) atoms. The Morgan fingerprint density at radius 2 is 2.20 bits per heavy atom. The van der Waals surface area contributed by atoms with E-state index in [9.17, 15) is 5.11 Å². The number of ether oxygens (including phenoxy) is 3. The molecule has 1 aromatic rings. The second-order valence-corrected chi connectivity index (χ2v) is 5.69. The minimum absolute atomic E-state index is 0.0721. The number of aliphatic hydroxyl groups is 1. The zero-order valence-electron chi connectivity index (χ0n) is 11.9. The summed E-state index contributed by atoms with van der Waals surface area (Å²) in [6.45, 7) is 5.71. The number of nitrogens with one attached hydrogen (secondary N) is 1. The van der Waals surface area contributed by atoms with Gasteiger partial charge in [0, 0.05) is 18.7 Å². The van der Waals surface area contributed by atoms with Crippen LogP contribution in [0, 0.1) is 0 Å². The highest BCUT2D eigenvalue weighted by atomic mass is 16.7. The van der Waals surface area contributed by atoms with E-state index in [4.69, 9.17) is 14.2 Å². The van der Waals surface area contributed by atoms with Gasteiger partial charge >= 0.3 is 0 Å². The topological polar surface area (TPSA) is 60.0 Å². The third kappa shape index (κ3) is 2.49. The Hall–Kier alpha value is -1.30. The van der Waals surface area contributed by atoms with E-state index in [-0.39, 0.29) is 18.4 Å². The Balaban J connectivity index is 1.63. The number of hydrogen-bond acceptors (Lipinski definition) is 5. The van der Waals surface area contributed by atoms with Crippen LogP contribution in [0.4, 0.5) is 0 Å². The van der Waals surface area contributed by atoms with Crippen LogP contribution in [0.5, 0.6) is 11.5 Å². The molecule has 2 aliphatic rings. The first-order chi connectivity index (χ1) is 9.58. The van der Waals surface area contributed by atoms with Gasteiger partial charge in [0.1, 0.15) is 0 Å². The highest BCUT2D eigenvalue weighted by Crippen LogP contribution is 2.34. The molecule has 0 amide bonds. The van der Waals surface area contributed by atoms with Crippen molar-refractivity contribution in [1.29, 1.82) is 0 Å². The number of β-amino-alcohol motifs (C(OH)–C–C–N with tert-alkyl or cyclic N) is 1. The van der Waals surface area contributed by atoms with Crippen molar-refractivity contribution in [1.82, 2.24) is 5.32 Å². The van der Waals surface area contributed by atoms with Crippen molar-refractivity contribution in [3.05, 3.63) is 23.8 Å². The average molecular weight is 279 g/mol. The summed E-state index contributed by atoms with van der Waals surface area (Å²) in [7, 11) is 0. The van der Waals surface area contributed by atoms with E-state index >= 15 is 0 Å². The van der Waals surface area contributed by atoms with E-state index in [2.05, 4.69) is 19.2 Å². The Kier molecular flexibility index (Phi) is 3.58. The second-order valence-electron chi connectivity index (χ2n) is 5.69. The Morgan fingerprint density at radius 3 is 2.95 bits per heavy atom. The van der Waals surface area contributed by atoms with Crippen LogP contribution >= 0.6 is 0 Å². The summed E-state index contributed by atoms with van der Waals surface area (Å²) in [5.74, 6) is 1.43. The zero-order valence-corrected chi connectivity index (χ0v) is 11.9. The first-order valence-corrected chi connectivity index (χ1v) is 7.03. The van der Waals surface area contributed by atoms with E-state index in [0.29, 0.717) is 12.3 Å². The van der Waals surface area contributed by atoms with Crippen molar-refractivity contribution in [3.63, 3.8) is 0 Å². The number of rotatable bonds is 4. The summed E-state index contributed by atoms with van der Waals surface area (Å²) in [6.07, 6.45) is 0.544. The minimum Gasteiger partial charge on any atom is -0.454 e. The minimum atomic E-state index is -0.575. The second kappa shape index (κ2) is 5.24. The van der Waals surface area contributed by atoms with Crippen molar-refractivity contribution in [2.45, 2.75) is 38.0 Å². The molecule has 3 rings (SSSR count). The van der Waals surface area contributed by atoms with Crippen molar-refractivity contribution in [3.8, 4) is 11.5 Å². The molecule has 5 nitrogen and oxygen atoms in total. The summed E-state index contributed by atoms with van der Waals surface area (Å²) in [6, 6.07) is 5.55. The van der Waals surface area contributed by atoms with Crippen molar-refractivity contribution < 1.29 is 19.3 Å². The van der Waals surface area contributed by atoms with Gasteiger partial charge in [-0.25, -0.2) is 0 Å². The van der Waals surface area contributed by atoms with Crippen molar-refractivity contribution in [2.75, 3.05) is 19.9 Å². The van der Waals surface area contributed by atoms with E-state index < -0.39 is 6.10 Å². The number of benzene rings is 1. The van der Waals surface area contributed by atoms with Gasteiger partial charge in [-0.05, 0) is 38.0 Å². The van der Waals surface area contributed by atoms with Crippen molar-refractivity contribution in [2.24, 2.45) is 0 Å². The maximum Gasteiger partial charge on any atom is 0.231 e. The largest absolute Gasteiger partial charge is 0.454 e. The van der Waals surface area contributed by atoms with Crippen LogP contribution in [0.3, 0.4) is 0 Å². The van der Waals surface area contributed by atoms with Gasteiger partial charge in [0.05, 0.1) is 12.2 Å². The Morgan fingerprint density at radius 1 is 1.40 bits per heavy atom. The van der Waals surface area contributed by atoms with Crippen LogP contribution in [0.15, 0.2) is 18.2 Å². The lowest BCUT2D eigenvalue weighted by Gasteiger charge is -2.30. The highest BCUT2D eigenvalue weighted by Gasteiger charge is 2.36. The van der Waals surface area contributed by atoms with Gasteiger partial charge in [-0.15, -0.1) is 0 Å². The van der Waals surface area contributed by atoms with Crippen LogP contribution in [0.2, 0.25) is 0 Å². The SMILES string of the molecule is CC1OCCC1(C)NCC(O)c1ccc2c(c1)OCO2. The Labute approximate surface area is 118 Å². The fraction of sp³-hybridized carbons (Fsp3) is 0.600. The first-order valence-electron chi connectivity index (χ1n) is 7.03. The van der Waals surface area contributed by atoms with E-state index in [0.717, 1.165) is 24.3 Å². The molecule has 2 N–H and O–H groups in total. The number of hydrogen-bond donors (Lipinski definition) is 2. The summed E-state index contributed by atoms with van der Waals surface area (Å²) in [5, 5.41) is 13.7. The van der Waals surface area contributed by atoms with Crippen LogP contribution < -0.4 is 14.8 Å². The van der Waals surface area contributed by atoms with E-state index in [1.54, 1.807) is 0 Å². The van der Waals surface area contributed by atoms with E-state index in [1.807, 2.05) is 18.2 Å². The van der Waals surface area contributed by atoms with Gasteiger partial charge in [0.15, 0.2) is 11.5 Å². The normalized spacial score (nSPS) is 29.6. The van der Waals surface area contributed by atoms with Crippen LogP contribution in [0.25, 0.3) is 0 Å². The molecule has 0 saturated carbocycles. The lowest BCUT2D eigenvalue weighted by molar-refractivity contribution is 0.0800.